The zero-order valence-electron chi connectivity index (χ0n) is 23.2. The molecule has 1 aliphatic rings. The molecule has 1 N–H and O–H groups in total. The van der Waals surface area contributed by atoms with Crippen LogP contribution in [0.5, 0.6) is 17.2 Å². The van der Waals surface area contributed by atoms with Gasteiger partial charge < -0.3 is 14.6 Å². The highest BCUT2D eigenvalue weighted by molar-refractivity contribution is 7.22. The molecule has 0 aliphatic carbocycles. The van der Waals surface area contributed by atoms with Crippen LogP contribution in [0, 0.1) is 0 Å². The highest BCUT2D eigenvalue weighted by atomic mass is 35.5. The van der Waals surface area contributed by atoms with Crippen LogP contribution in [-0.2, 0) is 9.59 Å². The second kappa shape index (κ2) is 12.3. The van der Waals surface area contributed by atoms with Crippen molar-refractivity contribution in [2.45, 2.75) is 25.8 Å². The molecule has 2 heterocycles. The van der Waals surface area contributed by atoms with E-state index in [1.165, 1.54) is 16.2 Å². The summed E-state index contributed by atoms with van der Waals surface area (Å²) in [5.74, 6) is -0.198. The summed E-state index contributed by atoms with van der Waals surface area (Å²) in [5, 5.41) is 12.5. The number of aromatic nitrogens is 1. The first-order valence-electron chi connectivity index (χ1n) is 13.9. The van der Waals surface area contributed by atoms with Crippen LogP contribution < -0.4 is 14.4 Å². The Kier molecular flexibility index (Phi) is 8.13. The Morgan fingerprint density at radius 1 is 0.930 bits per heavy atom. The number of para-hydroxylation sites is 1. The largest absolute Gasteiger partial charge is 0.507 e. The first kappa shape index (κ1) is 28.5. The molecule has 4 aromatic carbocycles. The Hall–Kier alpha value is -4.66. The summed E-state index contributed by atoms with van der Waals surface area (Å²) in [5.41, 5.74) is 1.53. The number of aliphatic hydroxyl groups excluding tert-OH is 1. The van der Waals surface area contributed by atoms with Crippen molar-refractivity contribution in [1.82, 2.24) is 4.98 Å². The first-order chi connectivity index (χ1) is 20.9. The molecule has 1 atom stereocenters. The fraction of sp³-hybridized carbons (Fsp3) is 0.147. The Labute approximate surface area is 257 Å². The molecule has 1 amide bonds. The van der Waals surface area contributed by atoms with Gasteiger partial charge in [-0.3, -0.25) is 14.5 Å². The molecule has 0 radical (unpaired) electrons. The number of carbonyl (C=O) groups is 2. The van der Waals surface area contributed by atoms with Crippen LogP contribution in [0.3, 0.4) is 0 Å². The summed E-state index contributed by atoms with van der Waals surface area (Å²) >= 11 is 7.46. The number of hydrogen-bond donors (Lipinski definition) is 1. The Morgan fingerprint density at radius 2 is 1.70 bits per heavy atom. The van der Waals surface area contributed by atoms with Crippen LogP contribution in [-0.4, -0.2) is 28.4 Å². The molecule has 1 unspecified atom stereocenters. The van der Waals surface area contributed by atoms with Gasteiger partial charge in [0.2, 0.25) is 0 Å². The summed E-state index contributed by atoms with van der Waals surface area (Å²) in [6, 6.07) is 27.6. The molecule has 216 valence electrons. The van der Waals surface area contributed by atoms with Gasteiger partial charge >= 0.3 is 5.91 Å². The zero-order valence-corrected chi connectivity index (χ0v) is 24.8. The number of anilines is 1. The van der Waals surface area contributed by atoms with Crippen molar-refractivity contribution in [2.75, 3.05) is 11.5 Å². The average molecular weight is 611 g/mol. The highest BCUT2D eigenvalue weighted by Gasteiger charge is 2.48. The summed E-state index contributed by atoms with van der Waals surface area (Å²) in [6.07, 6.45) is 1.87. The molecular weight excluding hydrogens is 584 g/mol. The number of nitrogens with zero attached hydrogens (tertiary/aromatic N) is 2. The minimum atomic E-state index is -0.972. The number of ether oxygens (including phenoxy) is 2. The average Bonchev–Trinajstić information content (AvgIpc) is 3.55. The van der Waals surface area contributed by atoms with Gasteiger partial charge in [0.25, 0.3) is 5.78 Å². The van der Waals surface area contributed by atoms with Gasteiger partial charge in [-0.1, -0.05) is 78.7 Å². The van der Waals surface area contributed by atoms with Crippen LogP contribution in [0.25, 0.3) is 16.0 Å². The minimum Gasteiger partial charge on any atom is -0.507 e. The number of carbonyl (C=O) groups excluding carboxylic acids is 2. The van der Waals surface area contributed by atoms with E-state index in [-0.39, 0.29) is 11.3 Å². The van der Waals surface area contributed by atoms with E-state index in [9.17, 15) is 14.7 Å². The maximum atomic E-state index is 13.7. The van der Waals surface area contributed by atoms with Crippen LogP contribution >= 0.6 is 22.9 Å². The fourth-order valence-corrected chi connectivity index (χ4v) is 6.20. The van der Waals surface area contributed by atoms with E-state index in [4.69, 9.17) is 21.1 Å². The number of unbranched alkanes of at least 4 members (excludes halogenated alkanes) is 1. The van der Waals surface area contributed by atoms with E-state index < -0.39 is 17.7 Å². The van der Waals surface area contributed by atoms with E-state index in [2.05, 4.69) is 11.9 Å². The third kappa shape index (κ3) is 5.84. The molecule has 0 spiro atoms. The quantitative estimate of drug-likeness (QED) is 0.0778. The van der Waals surface area contributed by atoms with E-state index in [0.717, 1.165) is 17.5 Å². The molecule has 43 heavy (non-hydrogen) atoms. The molecule has 1 saturated heterocycles. The number of Topliss-reactive ketones (excluding diaryl/α,β-unsaturated/α-hetero) is 1. The van der Waals surface area contributed by atoms with Gasteiger partial charge in [0.1, 0.15) is 23.0 Å². The smallest absolute Gasteiger partial charge is 0.301 e. The molecule has 7 nitrogen and oxygen atoms in total. The standard InChI is InChI=1S/C34H27ClN2O5S/c1-2-3-17-41-25-13-8-10-22(19-25)31(38)29-30(21-9-7-14-26(18-21)42-24-11-5-4-6-12-24)37(33(40)32(29)39)34-36-27-16-15-23(35)20-28(27)43-34/h4-16,18-20,30,38H,2-3,17H2,1H3. The lowest BCUT2D eigenvalue weighted by Gasteiger charge is -2.23. The van der Waals surface area contributed by atoms with Crippen LogP contribution in [0.4, 0.5) is 5.13 Å². The second-order valence-electron chi connectivity index (χ2n) is 10.00. The number of aliphatic hydroxyl groups is 1. The Morgan fingerprint density at radius 3 is 2.51 bits per heavy atom. The number of fused-ring (bicyclic) bond motifs is 1. The molecule has 0 bridgehead atoms. The number of halogens is 1. The third-order valence-corrected chi connectivity index (χ3v) is 8.27. The van der Waals surface area contributed by atoms with Gasteiger partial charge in [-0.2, -0.15) is 0 Å². The Balaban J connectivity index is 1.48. The van der Waals surface area contributed by atoms with Gasteiger partial charge in [0.15, 0.2) is 5.13 Å². The molecule has 1 aromatic heterocycles. The Bertz CT molecular complexity index is 1850. The van der Waals surface area contributed by atoms with Crippen molar-refractivity contribution < 1.29 is 24.2 Å². The number of rotatable bonds is 9. The van der Waals surface area contributed by atoms with E-state index in [0.29, 0.717) is 50.7 Å². The number of amides is 1. The number of hydrogen-bond acceptors (Lipinski definition) is 7. The van der Waals surface area contributed by atoms with Crippen molar-refractivity contribution in [3.63, 3.8) is 0 Å². The zero-order chi connectivity index (χ0) is 29.9. The summed E-state index contributed by atoms with van der Waals surface area (Å²) < 4.78 is 12.7. The van der Waals surface area contributed by atoms with E-state index in [1.54, 1.807) is 66.7 Å². The molecule has 6 rings (SSSR count). The van der Waals surface area contributed by atoms with Crippen molar-refractivity contribution in [3.8, 4) is 17.2 Å². The molecular formula is C34H27ClN2O5S. The monoisotopic (exact) mass is 610 g/mol. The van der Waals surface area contributed by atoms with Gasteiger partial charge in [-0.05, 0) is 66.6 Å². The van der Waals surface area contributed by atoms with Crippen molar-refractivity contribution in [3.05, 3.63) is 119 Å². The topological polar surface area (TPSA) is 89.0 Å². The summed E-state index contributed by atoms with van der Waals surface area (Å²) in [7, 11) is 0. The van der Waals surface area contributed by atoms with Crippen molar-refractivity contribution in [2.24, 2.45) is 0 Å². The predicted molar refractivity (Wildman–Crippen MR) is 169 cm³/mol. The highest BCUT2D eigenvalue weighted by Crippen LogP contribution is 2.45. The lowest BCUT2D eigenvalue weighted by Crippen LogP contribution is -2.29. The SMILES string of the molecule is CCCCOc1cccc(C(O)=C2C(=O)C(=O)N(c3nc4ccc(Cl)cc4s3)C2c2cccc(Oc3ccccc3)c2)c1. The summed E-state index contributed by atoms with van der Waals surface area (Å²) in [4.78, 5) is 33.4. The summed E-state index contributed by atoms with van der Waals surface area (Å²) in [6.45, 7) is 2.60. The lowest BCUT2D eigenvalue weighted by molar-refractivity contribution is -0.132. The van der Waals surface area contributed by atoms with Crippen molar-refractivity contribution in [1.29, 1.82) is 0 Å². The number of thiazole rings is 1. The molecule has 5 aromatic rings. The van der Waals surface area contributed by atoms with Crippen LogP contribution in [0.2, 0.25) is 5.02 Å². The molecule has 1 aliphatic heterocycles. The van der Waals surface area contributed by atoms with Gasteiger partial charge in [-0.15, -0.1) is 0 Å². The normalized spacial score (nSPS) is 16.1. The van der Waals surface area contributed by atoms with Gasteiger partial charge in [-0.25, -0.2) is 4.98 Å². The molecule has 1 fully saturated rings. The second-order valence-corrected chi connectivity index (χ2v) is 11.4. The number of benzene rings is 4. The third-order valence-electron chi connectivity index (χ3n) is 7.02. The maximum absolute atomic E-state index is 13.7. The van der Waals surface area contributed by atoms with Gasteiger partial charge in [0, 0.05) is 10.6 Å². The van der Waals surface area contributed by atoms with E-state index in [1.807, 2.05) is 30.3 Å². The first-order valence-corrected chi connectivity index (χ1v) is 15.1. The van der Waals surface area contributed by atoms with Crippen molar-refractivity contribution >= 4 is 55.7 Å². The molecule has 9 heteroatoms. The number of ketones is 1. The van der Waals surface area contributed by atoms with Crippen LogP contribution in [0.1, 0.15) is 36.9 Å². The van der Waals surface area contributed by atoms with Crippen LogP contribution in [0.15, 0.2) is 103 Å². The molecule has 0 saturated carbocycles. The fourth-order valence-electron chi connectivity index (χ4n) is 4.93. The minimum absolute atomic E-state index is 0.0511. The van der Waals surface area contributed by atoms with Gasteiger partial charge in [0.05, 0.1) is 28.4 Å². The maximum Gasteiger partial charge on any atom is 0.301 e. The van der Waals surface area contributed by atoms with E-state index >= 15 is 0 Å². The predicted octanol–water partition coefficient (Wildman–Crippen LogP) is 8.55. The lowest BCUT2D eigenvalue weighted by atomic mass is 9.95.